The minimum Gasteiger partial charge on any atom is -0.348 e. The molecular formula is C14H12F3N3OS. The number of nitrogens with zero attached hydrogens (tertiary/aromatic N) is 3. The topological polar surface area (TPSA) is 47.3 Å². The number of hydrogen-bond acceptors (Lipinski definition) is 3. The van der Waals surface area contributed by atoms with Gasteiger partial charge in [0.15, 0.2) is 5.11 Å². The number of carbonyl (C=O) groups is 1. The van der Waals surface area contributed by atoms with E-state index in [1.54, 1.807) is 4.90 Å². The zero-order chi connectivity index (χ0) is 16.5. The molecule has 22 heavy (non-hydrogen) atoms. The molecule has 1 aromatic rings. The van der Waals surface area contributed by atoms with Crippen LogP contribution in [0.3, 0.4) is 0 Å². The Balaban J connectivity index is 2.50. The molecule has 0 N–H and O–H groups in total. The van der Waals surface area contributed by atoms with E-state index in [0.29, 0.717) is 13.1 Å². The van der Waals surface area contributed by atoms with Gasteiger partial charge >= 0.3 is 6.18 Å². The van der Waals surface area contributed by atoms with E-state index in [1.165, 1.54) is 12.1 Å². The van der Waals surface area contributed by atoms with Crippen LogP contribution in [-0.2, 0) is 11.0 Å². The zero-order valence-corrected chi connectivity index (χ0v) is 12.5. The van der Waals surface area contributed by atoms with Crippen molar-refractivity contribution in [1.82, 2.24) is 4.90 Å². The van der Waals surface area contributed by atoms with E-state index in [-0.39, 0.29) is 23.1 Å². The third kappa shape index (κ3) is 2.90. The summed E-state index contributed by atoms with van der Waals surface area (Å²) in [6.45, 7) is 2.86. The molecule has 2 rings (SSSR count). The number of thiocarbonyl (C=S) groups is 1. The lowest BCUT2D eigenvalue weighted by molar-refractivity contribution is -0.137. The van der Waals surface area contributed by atoms with E-state index in [1.807, 2.05) is 6.92 Å². The van der Waals surface area contributed by atoms with E-state index >= 15 is 0 Å². The first-order valence-corrected chi connectivity index (χ1v) is 6.93. The van der Waals surface area contributed by atoms with Gasteiger partial charge in [0, 0.05) is 19.5 Å². The van der Waals surface area contributed by atoms with Crippen LogP contribution in [0.1, 0.15) is 24.5 Å². The summed E-state index contributed by atoms with van der Waals surface area (Å²) >= 11 is 5.19. The maximum absolute atomic E-state index is 13.0. The molecule has 4 nitrogen and oxygen atoms in total. The van der Waals surface area contributed by atoms with Crippen molar-refractivity contribution in [2.75, 3.05) is 18.0 Å². The molecule has 0 aromatic heterocycles. The minimum absolute atomic E-state index is 0.0273. The van der Waals surface area contributed by atoms with Gasteiger partial charge < -0.3 is 4.90 Å². The van der Waals surface area contributed by atoms with Crippen molar-refractivity contribution in [3.05, 3.63) is 29.3 Å². The van der Waals surface area contributed by atoms with Crippen molar-refractivity contribution >= 4 is 28.9 Å². The molecule has 0 atom stereocenters. The Labute approximate surface area is 130 Å². The third-order valence-electron chi connectivity index (χ3n) is 3.38. The fourth-order valence-corrected chi connectivity index (χ4v) is 2.66. The van der Waals surface area contributed by atoms with Crippen LogP contribution in [0.5, 0.6) is 0 Å². The normalized spacial score (nSPS) is 16.0. The molecule has 0 spiro atoms. The molecule has 8 heteroatoms. The van der Waals surface area contributed by atoms with Gasteiger partial charge in [-0.2, -0.15) is 18.4 Å². The summed E-state index contributed by atoms with van der Waals surface area (Å²) in [5, 5.41) is 8.98. The number of alkyl halides is 3. The SMILES string of the molecule is CCN1CCC(=O)N(c2ccc(C#N)c(C(F)(F)F)c2)C1=S. The number of rotatable bonds is 2. The van der Waals surface area contributed by atoms with Gasteiger partial charge in [-0.3, -0.25) is 9.69 Å². The van der Waals surface area contributed by atoms with E-state index in [9.17, 15) is 18.0 Å². The lowest BCUT2D eigenvalue weighted by Crippen LogP contribution is -2.52. The molecular weight excluding hydrogens is 315 g/mol. The molecule has 0 bridgehead atoms. The molecule has 1 aromatic carbocycles. The fraction of sp³-hybridized carbons (Fsp3) is 0.357. The fourth-order valence-electron chi connectivity index (χ4n) is 2.24. The van der Waals surface area contributed by atoms with Crippen molar-refractivity contribution in [3.8, 4) is 6.07 Å². The largest absolute Gasteiger partial charge is 0.417 e. The number of hydrogen-bond donors (Lipinski definition) is 0. The first kappa shape index (κ1) is 16.2. The van der Waals surface area contributed by atoms with Gasteiger partial charge in [-0.25, -0.2) is 0 Å². The van der Waals surface area contributed by atoms with Gasteiger partial charge in [-0.15, -0.1) is 0 Å². The highest BCUT2D eigenvalue weighted by atomic mass is 32.1. The summed E-state index contributed by atoms with van der Waals surface area (Å²) in [7, 11) is 0. The maximum atomic E-state index is 13.0. The van der Waals surface area contributed by atoms with Gasteiger partial charge in [0.1, 0.15) is 0 Å². The third-order valence-corrected chi connectivity index (χ3v) is 3.82. The predicted octanol–water partition coefficient (Wildman–Crippen LogP) is 2.92. The van der Waals surface area contributed by atoms with Gasteiger partial charge in [-0.05, 0) is 37.3 Å². The summed E-state index contributed by atoms with van der Waals surface area (Å²) in [5.74, 6) is -0.354. The predicted molar refractivity (Wildman–Crippen MR) is 78.1 cm³/mol. The number of anilines is 1. The zero-order valence-electron chi connectivity index (χ0n) is 11.6. The number of amides is 1. The number of nitriles is 1. The van der Waals surface area contributed by atoms with Crippen LogP contribution in [0.2, 0.25) is 0 Å². The Morgan fingerprint density at radius 2 is 2.09 bits per heavy atom. The Morgan fingerprint density at radius 1 is 1.41 bits per heavy atom. The van der Waals surface area contributed by atoms with Crippen molar-refractivity contribution in [2.24, 2.45) is 0 Å². The summed E-state index contributed by atoms with van der Waals surface area (Å²) in [4.78, 5) is 14.9. The highest BCUT2D eigenvalue weighted by Gasteiger charge is 2.36. The van der Waals surface area contributed by atoms with E-state index < -0.39 is 17.3 Å². The van der Waals surface area contributed by atoms with Crippen LogP contribution in [0.4, 0.5) is 18.9 Å². The van der Waals surface area contributed by atoms with E-state index in [4.69, 9.17) is 17.5 Å². The first-order valence-electron chi connectivity index (χ1n) is 6.52. The number of carbonyl (C=O) groups excluding carboxylic acids is 1. The number of benzene rings is 1. The molecule has 1 saturated heterocycles. The van der Waals surface area contributed by atoms with Crippen molar-refractivity contribution < 1.29 is 18.0 Å². The van der Waals surface area contributed by atoms with Crippen LogP contribution in [-0.4, -0.2) is 29.0 Å². The summed E-state index contributed by atoms with van der Waals surface area (Å²) in [5.41, 5.74) is -1.53. The van der Waals surface area contributed by atoms with Gasteiger partial charge in [-0.1, -0.05) is 0 Å². The molecule has 116 valence electrons. The van der Waals surface area contributed by atoms with Crippen LogP contribution >= 0.6 is 12.2 Å². The quantitative estimate of drug-likeness (QED) is 0.784. The second-order valence-corrected chi connectivity index (χ2v) is 5.05. The average Bonchev–Trinajstić information content (AvgIpc) is 2.46. The van der Waals surface area contributed by atoms with Gasteiger partial charge in [0.05, 0.1) is 22.9 Å². The molecule has 1 aliphatic heterocycles. The summed E-state index contributed by atoms with van der Waals surface area (Å²) in [6.07, 6.45) is -4.50. The van der Waals surface area contributed by atoms with Crippen molar-refractivity contribution in [3.63, 3.8) is 0 Å². The first-order chi connectivity index (χ1) is 10.3. The highest BCUT2D eigenvalue weighted by Crippen LogP contribution is 2.35. The summed E-state index contributed by atoms with van der Waals surface area (Å²) in [6, 6.07) is 4.66. The Morgan fingerprint density at radius 3 is 2.64 bits per heavy atom. The van der Waals surface area contributed by atoms with Gasteiger partial charge in [0.25, 0.3) is 0 Å². The molecule has 1 amide bonds. The van der Waals surface area contributed by atoms with E-state index in [2.05, 4.69) is 0 Å². The molecule has 1 aliphatic rings. The Kier molecular flexibility index (Phi) is 4.37. The molecule has 0 saturated carbocycles. The lowest BCUT2D eigenvalue weighted by Gasteiger charge is -2.36. The van der Waals surface area contributed by atoms with Crippen molar-refractivity contribution in [2.45, 2.75) is 19.5 Å². The molecule has 0 unspecified atom stereocenters. The van der Waals surface area contributed by atoms with E-state index in [0.717, 1.165) is 17.0 Å². The lowest BCUT2D eigenvalue weighted by atomic mass is 10.1. The van der Waals surface area contributed by atoms with Crippen LogP contribution in [0.25, 0.3) is 0 Å². The maximum Gasteiger partial charge on any atom is 0.417 e. The van der Waals surface area contributed by atoms with Crippen LogP contribution in [0.15, 0.2) is 18.2 Å². The smallest absolute Gasteiger partial charge is 0.348 e. The van der Waals surface area contributed by atoms with Crippen molar-refractivity contribution in [1.29, 1.82) is 5.26 Å². The average molecular weight is 327 g/mol. The number of halogens is 3. The molecule has 1 fully saturated rings. The minimum atomic E-state index is -4.67. The monoisotopic (exact) mass is 327 g/mol. The standard InChI is InChI=1S/C14H12F3N3OS/c1-2-19-6-5-12(21)20(13(19)22)10-4-3-9(8-18)11(7-10)14(15,16)17/h3-4,7H,2,5-6H2,1H3. The van der Waals surface area contributed by atoms with Crippen LogP contribution < -0.4 is 4.90 Å². The second kappa shape index (κ2) is 5.93. The molecule has 0 aliphatic carbocycles. The highest BCUT2D eigenvalue weighted by molar-refractivity contribution is 7.80. The second-order valence-electron chi connectivity index (χ2n) is 4.68. The summed E-state index contributed by atoms with van der Waals surface area (Å²) < 4.78 is 39.1. The molecule has 0 radical (unpaired) electrons. The Hall–Kier alpha value is -2.14. The van der Waals surface area contributed by atoms with Gasteiger partial charge in [0.2, 0.25) is 5.91 Å². The van der Waals surface area contributed by atoms with Crippen LogP contribution in [0, 0.1) is 11.3 Å². The Bertz CT molecular complexity index is 666. The molecule has 1 heterocycles.